The highest BCUT2D eigenvalue weighted by Gasteiger charge is 2.20. The Balaban J connectivity index is 2.05. The van der Waals surface area contributed by atoms with E-state index in [4.69, 9.17) is 0 Å². The summed E-state index contributed by atoms with van der Waals surface area (Å²) in [5.74, 6) is 0.796. The lowest BCUT2D eigenvalue weighted by molar-refractivity contribution is -0.140. The van der Waals surface area contributed by atoms with E-state index in [1.165, 1.54) is 33.0 Å². The highest BCUT2D eigenvalue weighted by atomic mass is 16.5. The zero-order valence-corrected chi connectivity index (χ0v) is 9.29. The minimum Gasteiger partial charge on any atom is -0.469 e. The van der Waals surface area contributed by atoms with Gasteiger partial charge in [-0.1, -0.05) is 13.3 Å². The first-order valence-electron chi connectivity index (χ1n) is 5.55. The van der Waals surface area contributed by atoms with Crippen LogP contribution in [0, 0.1) is 5.92 Å². The fourth-order valence-corrected chi connectivity index (χ4v) is 2.00. The van der Waals surface area contributed by atoms with E-state index in [0.717, 1.165) is 18.9 Å². The molecule has 1 atom stereocenters. The number of carbonyl (C=O) groups excluding carboxylic acids is 1. The van der Waals surface area contributed by atoms with Crippen molar-refractivity contribution in [3.63, 3.8) is 0 Å². The lowest BCUT2D eigenvalue weighted by Gasteiger charge is -2.14. The fraction of sp³-hybridized carbons (Fsp3) is 0.909. The average molecular weight is 199 g/mol. The molecule has 14 heavy (non-hydrogen) atoms. The lowest BCUT2D eigenvalue weighted by Crippen LogP contribution is -2.22. The minimum absolute atomic E-state index is 0.0868. The number of hydrogen-bond acceptors (Lipinski definition) is 3. The maximum Gasteiger partial charge on any atom is 0.305 e. The summed E-state index contributed by atoms with van der Waals surface area (Å²) in [6.07, 6.45) is 4.11. The highest BCUT2D eigenvalue weighted by Crippen LogP contribution is 2.19. The second-order valence-electron chi connectivity index (χ2n) is 4.04. The molecule has 1 aliphatic heterocycles. The predicted molar refractivity (Wildman–Crippen MR) is 56.1 cm³/mol. The first kappa shape index (κ1) is 11.5. The third-order valence-corrected chi connectivity index (χ3v) is 3.03. The Morgan fingerprint density at radius 2 is 2.36 bits per heavy atom. The Hall–Kier alpha value is -0.570. The first-order chi connectivity index (χ1) is 6.76. The van der Waals surface area contributed by atoms with Gasteiger partial charge in [0.1, 0.15) is 0 Å². The van der Waals surface area contributed by atoms with E-state index >= 15 is 0 Å². The molecular formula is C11H21NO2. The molecule has 3 nitrogen and oxygen atoms in total. The number of likely N-dealkylation sites (tertiary alicyclic amines) is 1. The SMILES string of the molecule is CCC1CCN(CCCC(=O)OC)C1. The molecule has 0 saturated carbocycles. The number of ether oxygens (including phenoxy) is 1. The van der Waals surface area contributed by atoms with Crippen LogP contribution < -0.4 is 0 Å². The van der Waals surface area contributed by atoms with Gasteiger partial charge in [0.25, 0.3) is 0 Å². The molecule has 3 heteroatoms. The standard InChI is InChI=1S/C11H21NO2/c1-3-10-6-8-12(9-10)7-4-5-11(13)14-2/h10H,3-9H2,1-2H3. The van der Waals surface area contributed by atoms with Crippen LogP contribution in [0.3, 0.4) is 0 Å². The summed E-state index contributed by atoms with van der Waals surface area (Å²) in [5.41, 5.74) is 0. The quantitative estimate of drug-likeness (QED) is 0.631. The number of hydrogen-bond donors (Lipinski definition) is 0. The zero-order chi connectivity index (χ0) is 10.4. The highest BCUT2D eigenvalue weighted by molar-refractivity contribution is 5.69. The van der Waals surface area contributed by atoms with Gasteiger partial charge in [0.15, 0.2) is 0 Å². The van der Waals surface area contributed by atoms with Crippen molar-refractivity contribution in [1.29, 1.82) is 0 Å². The van der Waals surface area contributed by atoms with Crippen LogP contribution in [0.2, 0.25) is 0 Å². The van der Waals surface area contributed by atoms with Crippen molar-refractivity contribution >= 4 is 5.97 Å². The minimum atomic E-state index is -0.0868. The van der Waals surface area contributed by atoms with Crippen molar-refractivity contribution in [2.75, 3.05) is 26.7 Å². The van der Waals surface area contributed by atoms with Gasteiger partial charge in [-0.15, -0.1) is 0 Å². The second-order valence-corrected chi connectivity index (χ2v) is 4.04. The van der Waals surface area contributed by atoms with Gasteiger partial charge < -0.3 is 9.64 Å². The Labute approximate surface area is 86.4 Å². The van der Waals surface area contributed by atoms with Gasteiger partial charge in [-0.2, -0.15) is 0 Å². The van der Waals surface area contributed by atoms with E-state index in [0.29, 0.717) is 6.42 Å². The van der Waals surface area contributed by atoms with E-state index in [2.05, 4.69) is 16.6 Å². The molecule has 0 bridgehead atoms. The second kappa shape index (κ2) is 6.02. The van der Waals surface area contributed by atoms with Crippen LogP contribution in [0.15, 0.2) is 0 Å². The molecule has 82 valence electrons. The Kier molecular flexibility index (Phi) is 4.94. The molecule has 1 aliphatic rings. The Morgan fingerprint density at radius 1 is 1.57 bits per heavy atom. The van der Waals surface area contributed by atoms with Crippen LogP contribution in [0.4, 0.5) is 0 Å². The molecule has 1 rings (SSSR count). The maximum atomic E-state index is 10.9. The molecule has 0 aromatic rings. The van der Waals surface area contributed by atoms with Crippen molar-refractivity contribution in [1.82, 2.24) is 4.90 Å². The number of rotatable bonds is 5. The topological polar surface area (TPSA) is 29.5 Å². The summed E-state index contributed by atoms with van der Waals surface area (Å²) in [5, 5.41) is 0. The van der Waals surface area contributed by atoms with Crippen molar-refractivity contribution in [2.45, 2.75) is 32.6 Å². The summed E-state index contributed by atoms with van der Waals surface area (Å²) in [6, 6.07) is 0. The van der Waals surface area contributed by atoms with Crippen LogP contribution in [-0.2, 0) is 9.53 Å². The van der Waals surface area contributed by atoms with Gasteiger partial charge in [-0.3, -0.25) is 4.79 Å². The van der Waals surface area contributed by atoms with Crippen LogP contribution in [0.5, 0.6) is 0 Å². The monoisotopic (exact) mass is 199 g/mol. The first-order valence-corrected chi connectivity index (χ1v) is 5.55. The van der Waals surface area contributed by atoms with Crippen molar-refractivity contribution in [2.24, 2.45) is 5.92 Å². The molecule has 0 aromatic carbocycles. The van der Waals surface area contributed by atoms with Crippen molar-refractivity contribution < 1.29 is 9.53 Å². The van der Waals surface area contributed by atoms with E-state index in [-0.39, 0.29) is 5.97 Å². The van der Waals surface area contributed by atoms with Gasteiger partial charge >= 0.3 is 5.97 Å². The molecule has 1 unspecified atom stereocenters. The molecule has 0 N–H and O–H groups in total. The molecule has 1 saturated heterocycles. The molecule has 1 fully saturated rings. The summed E-state index contributed by atoms with van der Waals surface area (Å²) >= 11 is 0. The van der Waals surface area contributed by atoms with E-state index in [9.17, 15) is 4.79 Å². The fourth-order valence-electron chi connectivity index (χ4n) is 2.00. The largest absolute Gasteiger partial charge is 0.469 e. The van der Waals surface area contributed by atoms with Crippen molar-refractivity contribution in [3.05, 3.63) is 0 Å². The predicted octanol–water partition coefficient (Wildman–Crippen LogP) is 1.67. The molecular weight excluding hydrogens is 178 g/mol. The van der Waals surface area contributed by atoms with Gasteiger partial charge in [0, 0.05) is 13.0 Å². The van der Waals surface area contributed by atoms with E-state index in [1.807, 2.05) is 0 Å². The third kappa shape index (κ3) is 3.66. The molecule has 0 spiro atoms. The number of esters is 1. The van der Waals surface area contributed by atoms with Crippen LogP contribution in [-0.4, -0.2) is 37.6 Å². The van der Waals surface area contributed by atoms with Gasteiger partial charge in [0.05, 0.1) is 7.11 Å². The Bertz CT molecular complexity index is 182. The molecule has 0 aromatic heterocycles. The van der Waals surface area contributed by atoms with Crippen LogP contribution >= 0.6 is 0 Å². The number of nitrogens with zero attached hydrogens (tertiary/aromatic N) is 1. The summed E-state index contributed by atoms with van der Waals surface area (Å²) in [7, 11) is 1.45. The van der Waals surface area contributed by atoms with E-state index in [1.54, 1.807) is 0 Å². The van der Waals surface area contributed by atoms with E-state index < -0.39 is 0 Å². The number of carbonyl (C=O) groups is 1. The third-order valence-electron chi connectivity index (χ3n) is 3.03. The maximum absolute atomic E-state index is 10.9. The summed E-state index contributed by atoms with van der Waals surface area (Å²) in [6.45, 7) is 5.73. The normalized spacial score (nSPS) is 22.6. The smallest absolute Gasteiger partial charge is 0.305 e. The van der Waals surface area contributed by atoms with Crippen LogP contribution in [0.25, 0.3) is 0 Å². The molecule has 1 heterocycles. The lowest BCUT2D eigenvalue weighted by atomic mass is 10.1. The molecule has 0 aliphatic carbocycles. The zero-order valence-electron chi connectivity index (χ0n) is 9.29. The summed E-state index contributed by atoms with van der Waals surface area (Å²) in [4.78, 5) is 13.3. The van der Waals surface area contributed by atoms with Gasteiger partial charge in [0.2, 0.25) is 0 Å². The van der Waals surface area contributed by atoms with Crippen LogP contribution in [0.1, 0.15) is 32.6 Å². The Morgan fingerprint density at radius 3 is 2.93 bits per heavy atom. The van der Waals surface area contributed by atoms with Crippen molar-refractivity contribution in [3.8, 4) is 0 Å². The number of methoxy groups -OCH3 is 1. The molecule has 0 amide bonds. The molecule has 0 radical (unpaired) electrons. The van der Waals surface area contributed by atoms with Gasteiger partial charge in [-0.25, -0.2) is 0 Å². The van der Waals surface area contributed by atoms with Gasteiger partial charge in [-0.05, 0) is 31.8 Å². The summed E-state index contributed by atoms with van der Waals surface area (Å²) < 4.78 is 4.60. The average Bonchev–Trinajstić information content (AvgIpc) is 2.65.